The summed E-state index contributed by atoms with van der Waals surface area (Å²) in [6, 6.07) is 16.1. The Bertz CT molecular complexity index is 839. The molecule has 0 aliphatic carbocycles. The van der Waals surface area contributed by atoms with E-state index in [1.54, 1.807) is 0 Å². The summed E-state index contributed by atoms with van der Waals surface area (Å²) < 4.78 is 17.2. The van der Waals surface area contributed by atoms with Gasteiger partial charge in [-0.15, -0.1) is 0 Å². The summed E-state index contributed by atoms with van der Waals surface area (Å²) in [6.45, 7) is 6.68. The quantitative estimate of drug-likeness (QED) is 0.601. The van der Waals surface area contributed by atoms with Crippen molar-refractivity contribution in [2.45, 2.75) is 33.4 Å². The van der Waals surface area contributed by atoms with Gasteiger partial charge in [0.25, 0.3) is 0 Å². The van der Waals surface area contributed by atoms with E-state index in [9.17, 15) is 0 Å². The van der Waals surface area contributed by atoms with Crippen LogP contribution < -0.4 is 14.8 Å². The van der Waals surface area contributed by atoms with Crippen LogP contribution in [0, 0.1) is 0 Å². The molecule has 3 aromatic rings. The molecule has 1 heterocycles. The Morgan fingerprint density at radius 3 is 2.37 bits per heavy atom. The van der Waals surface area contributed by atoms with Crippen LogP contribution in [-0.2, 0) is 11.4 Å². The Morgan fingerprint density at radius 2 is 1.74 bits per heavy atom. The molecule has 0 bridgehead atoms. The standard InChI is InChI=1S/C20H23NO3.C2H4O/c1-4-22-17-8-5-15(6-9-17)13-23-18-10-7-16-11-19(14(2)21-3)24-20(16)12-18;1-2-3/h5-12,14,21H,4,13H2,1-3H3;2H,1H3. The van der Waals surface area contributed by atoms with E-state index >= 15 is 0 Å². The summed E-state index contributed by atoms with van der Waals surface area (Å²) in [5.74, 6) is 2.61. The Kier molecular flexibility index (Phi) is 7.89. The van der Waals surface area contributed by atoms with Crippen LogP contribution in [0.25, 0.3) is 11.0 Å². The van der Waals surface area contributed by atoms with Gasteiger partial charge in [-0.25, -0.2) is 0 Å². The topological polar surface area (TPSA) is 60.7 Å². The molecule has 5 nitrogen and oxygen atoms in total. The van der Waals surface area contributed by atoms with E-state index in [1.165, 1.54) is 6.92 Å². The minimum absolute atomic E-state index is 0.186. The summed E-state index contributed by atoms with van der Waals surface area (Å²) in [4.78, 5) is 8.81. The zero-order valence-electron chi connectivity index (χ0n) is 16.3. The van der Waals surface area contributed by atoms with E-state index < -0.39 is 0 Å². The van der Waals surface area contributed by atoms with Crippen LogP contribution in [-0.4, -0.2) is 19.9 Å². The lowest BCUT2D eigenvalue weighted by atomic mass is 10.2. The van der Waals surface area contributed by atoms with Crippen LogP contribution in [0.15, 0.2) is 52.9 Å². The molecule has 0 radical (unpaired) electrons. The molecule has 27 heavy (non-hydrogen) atoms. The fraction of sp³-hybridized carbons (Fsp3) is 0.318. The summed E-state index contributed by atoms with van der Waals surface area (Å²) in [7, 11) is 1.92. The highest BCUT2D eigenvalue weighted by molar-refractivity contribution is 5.79. The summed E-state index contributed by atoms with van der Waals surface area (Å²) >= 11 is 0. The molecule has 5 heteroatoms. The van der Waals surface area contributed by atoms with Crippen LogP contribution >= 0.6 is 0 Å². The van der Waals surface area contributed by atoms with Crippen molar-refractivity contribution < 1.29 is 18.7 Å². The second-order valence-corrected chi connectivity index (χ2v) is 5.96. The average Bonchev–Trinajstić information content (AvgIpc) is 3.11. The third kappa shape index (κ3) is 5.86. The van der Waals surface area contributed by atoms with Crippen LogP contribution in [0.4, 0.5) is 0 Å². The van der Waals surface area contributed by atoms with Crippen molar-refractivity contribution in [1.82, 2.24) is 5.32 Å². The van der Waals surface area contributed by atoms with Gasteiger partial charge in [-0.1, -0.05) is 12.1 Å². The highest BCUT2D eigenvalue weighted by Gasteiger charge is 2.10. The van der Waals surface area contributed by atoms with Crippen molar-refractivity contribution in [2.75, 3.05) is 13.7 Å². The van der Waals surface area contributed by atoms with Gasteiger partial charge in [0.05, 0.1) is 12.6 Å². The van der Waals surface area contributed by atoms with Gasteiger partial charge >= 0.3 is 0 Å². The van der Waals surface area contributed by atoms with Crippen LogP contribution in [0.1, 0.15) is 38.1 Å². The van der Waals surface area contributed by atoms with Gasteiger partial charge in [-0.05, 0) is 63.7 Å². The number of furan rings is 1. The zero-order chi connectivity index (χ0) is 19.6. The minimum atomic E-state index is 0.186. The van der Waals surface area contributed by atoms with Gasteiger partial charge in [0.1, 0.15) is 35.7 Å². The fourth-order valence-electron chi connectivity index (χ4n) is 2.49. The lowest BCUT2D eigenvalue weighted by molar-refractivity contribution is -0.106. The number of carbonyl (C=O) groups is 1. The third-order valence-electron chi connectivity index (χ3n) is 4.01. The Balaban J connectivity index is 0.000000817. The second kappa shape index (κ2) is 10.4. The number of benzene rings is 2. The highest BCUT2D eigenvalue weighted by Crippen LogP contribution is 2.27. The van der Waals surface area contributed by atoms with Crippen molar-refractivity contribution in [3.05, 3.63) is 59.9 Å². The minimum Gasteiger partial charge on any atom is -0.494 e. The Labute approximate surface area is 160 Å². The third-order valence-corrected chi connectivity index (χ3v) is 4.01. The number of nitrogens with one attached hydrogen (secondary N) is 1. The number of hydrogen-bond donors (Lipinski definition) is 1. The number of aldehydes is 1. The van der Waals surface area contributed by atoms with Crippen molar-refractivity contribution in [3.63, 3.8) is 0 Å². The molecule has 0 aliphatic rings. The maximum Gasteiger partial charge on any atom is 0.138 e. The molecule has 1 atom stereocenters. The first-order valence-corrected chi connectivity index (χ1v) is 9.06. The molecule has 0 aliphatic heterocycles. The van der Waals surface area contributed by atoms with E-state index in [4.69, 9.17) is 18.7 Å². The van der Waals surface area contributed by atoms with Gasteiger partial charge in [-0.3, -0.25) is 0 Å². The van der Waals surface area contributed by atoms with Gasteiger partial charge in [0.2, 0.25) is 0 Å². The monoisotopic (exact) mass is 369 g/mol. The molecule has 144 valence electrons. The van der Waals surface area contributed by atoms with Crippen LogP contribution in [0.5, 0.6) is 11.5 Å². The molecule has 1 unspecified atom stereocenters. The molecule has 3 rings (SSSR count). The van der Waals surface area contributed by atoms with E-state index in [2.05, 4.69) is 18.3 Å². The number of rotatable bonds is 7. The Morgan fingerprint density at radius 1 is 1.07 bits per heavy atom. The number of fused-ring (bicyclic) bond motifs is 1. The van der Waals surface area contributed by atoms with Crippen LogP contribution in [0.2, 0.25) is 0 Å². The molecule has 0 amide bonds. The number of ether oxygens (including phenoxy) is 2. The predicted octanol–water partition coefficient (Wildman–Crippen LogP) is 4.90. The first kappa shape index (κ1) is 20.5. The van der Waals surface area contributed by atoms with Gasteiger partial charge in [0, 0.05) is 11.5 Å². The number of carbonyl (C=O) groups excluding carboxylic acids is 1. The molecular formula is C22H27NO4. The molecular weight excluding hydrogens is 342 g/mol. The van der Waals surface area contributed by atoms with Crippen molar-refractivity contribution in [2.24, 2.45) is 0 Å². The van der Waals surface area contributed by atoms with Crippen molar-refractivity contribution >= 4 is 17.3 Å². The molecule has 2 aromatic carbocycles. The first-order chi connectivity index (χ1) is 13.1. The summed E-state index contributed by atoms with van der Waals surface area (Å²) in [5.41, 5.74) is 1.94. The van der Waals surface area contributed by atoms with Gasteiger partial charge in [0.15, 0.2) is 0 Å². The lowest BCUT2D eigenvalue weighted by Gasteiger charge is -2.07. The normalized spacial score (nSPS) is 11.4. The van der Waals surface area contributed by atoms with Crippen molar-refractivity contribution in [3.8, 4) is 11.5 Å². The summed E-state index contributed by atoms with van der Waals surface area (Å²) in [5, 5.41) is 4.27. The van der Waals surface area contributed by atoms with Crippen LogP contribution in [0.3, 0.4) is 0 Å². The SMILES string of the molecule is CC=O.CCOc1ccc(COc2ccc3cc(C(C)NC)oc3c2)cc1. The molecule has 0 fully saturated rings. The summed E-state index contributed by atoms with van der Waals surface area (Å²) in [6.07, 6.45) is 0.750. The Hall–Kier alpha value is -2.79. The highest BCUT2D eigenvalue weighted by atomic mass is 16.5. The lowest BCUT2D eigenvalue weighted by Crippen LogP contribution is -2.10. The van der Waals surface area contributed by atoms with E-state index in [0.29, 0.717) is 13.2 Å². The first-order valence-electron chi connectivity index (χ1n) is 9.06. The molecule has 1 aromatic heterocycles. The maximum atomic E-state index is 8.81. The van der Waals surface area contributed by atoms with Crippen molar-refractivity contribution in [1.29, 1.82) is 0 Å². The molecule has 0 saturated heterocycles. The zero-order valence-corrected chi connectivity index (χ0v) is 16.3. The molecule has 0 saturated carbocycles. The predicted molar refractivity (Wildman–Crippen MR) is 107 cm³/mol. The molecule has 0 spiro atoms. The average molecular weight is 369 g/mol. The maximum absolute atomic E-state index is 8.81. The van der Waals surface area contributed by atoms with E-state index in [0.717, 1.165) is 40.1 Å². The number of hydrogen-bond acceptors (Lipinski definition) is 5. The largest absolute Gasteiger partial charge is 0.494 e. The van der Waals surface area contributed by atoms with E-state index in [-0.39, 0.29) is 6.04 Å². The smallest absolute Gasteiger partial charge is 0.138 e. The fourth-order valence-corrected chi connectivity index (χ4v) is 2.49. The second-order valence-electron chi connectivity index (χ2n) is 5.96. The van der Waals surface area contributed by atoms with E-state index in [1.807, 2.05) is 56.4 Å². The van der Waals surface area contributed by atoms with Gasteiger partial charge < -0.3 is 24.0 Å². The van der Waals surface area contributed by atoms with Gasteiger partial charge in [-0.2, -0.15) is 0 Å². The molecule has 1 N–H and O–H groups in total.